The van der Waals surface area contributed by atoms with Crippen LogP contribution in [-0.4, -0.2) is 32.5 Å². The van der Waals surface area contributed by atoms with E-state index >= 15 is 0 Å². The molecule has 0 radical (unpaired) electrons. The zero-order valence-electron chi connectivity index (χ0n) is 13.6. The van der Waals surface area contributed by atoms with Gasteiger partial charge in [-0.2, -0.15) is 4.31 Å². The van der Waals surface area contributed by atoms with Gasteiger partial charge in [-0.1, -0.05) is 37.3 Å². The van der Waals surface area contributed by atoms with E-state index in [0.717, 1.165) is 12.0 Å². The Morgan fingerprint density at radius 1 is 1.00 bits per heavy atom. The maximum absolute atomic E-state index is 13.0. The van der Waals surface area contributed by atoms with Crippen LogP contribution < -0.4 is 9.47 Å². The lowest BCUT2D eigenvalue weighted by Crippen LogP contribution is -2.30. The normalized spacial score (nSPS) is 14.4. The number of hydrogen-bond donors (Lipinski definition) is 0. The van der Waals surface area contributed by atoms with Crippen LogP contribution in [0.4, 0.5) is 0 Å². The fourth-order valence-corrected chi connectivity index (χ4v) is 4.06. The summed E-state index contributed by atoms with van der Waals surface area (Å²) >= 11 is 0. The highest BCUT2D eigenvalue weighted by molar-refractivity contribution is 7.89. The van der Waals surface area contributed by atoms with Gasteiger partial charge in [0.2, 0.25) is 10.0 Å². The maximum atomic E-state index is 13.0. The SMILES string of the molecule is CCN(Cc1ccccc1)S(=O)(=O)c1ccc2c(c1)OCCCO2. The van der Waals surface area contributed by atoms with Crippen molar-refractivity contribution < 1.29 is 17.9 Å². The molecule has 0 atom stereocenters. The van der Waals surface area contributed by atoms with Gasteiger partial charge in [0.1, 0.15) is 0 Å². The Morgan fingerprint density at radius 2 is 1.71 bits per heavy atom. The van der Waals surface area contributed by atoms with Gasteiger partial charge in [0.15, 0.2) is 11.5 Å². The molecule has 0 spiro atoms. The summed E-state index contributed by atoms with van der Waals surface area (Å²) in [5.74, 6) is 1.09. The third kappa shape index (κ3) is 3.55. The van der Waals surface area contributed by atoms with E-state index < -0.39 is 10.0 Å². The second-order valence-electron chi connectivity index (χ2n) is 5.58. The lowest BCUT2D eigenvalue weighted by atomic mass is 10.2. The monoisotopic (exact) mass is 347 g/mol. The van der Waals surface area contributed by atoms with Crippen LogP contribution in [0, 0.1) is 0 Å². The highest BCUT2D eigenvalue weighted by Gasteiger charge is 2.25. The van der Waals surface area contributed by atoms with E-state index in [9.17, 15) is 8.42 Å². The minimum absolute atomic E-state index is 0.226. The van der Waals surface area contributed by atoms with E-state index in [4.69, 9.17) is 9.47 Å². The lowest BCUT2D eigenvalue weighted by molar-refractivity contribution is 0.296. The molecule has 0 aliphatic carbocycles. The van der Waals surface area contributed by atoms with Gasteiger partial charge in [0.25, 0.3) is 0 Å². The molecule has 1 aliphatic rings. The first kappa shape index (κ1) is 16.8. The van der Waals surface area contributed by atoms with Crippen LogP contribution in [0.1, 0.15) is 18.9 Å². The zero-order valence-corrected chi connectivity index (χ0v) is 14.5. The molecule has 0 fully saturated rings. The van der Waals surface area contributed by atoms with Crippen LogP contribution in [0.25, 0.3) is 0 Å². The fourth-order valence-electron chi connectivity index (χ4n) is 2.61. The summed E-state index contributed by atoms with van der Waals surface area (Å²) in [5.41, 5.74) is 0.956. The van der Waals surface area contributed by atoms with Crippen molar-refractivity contribution in [1.29, 1.82) is 0 Å². The first-order valence-electron chi connectivity index (χ1n) is 8.05. The number of benzene rings is 2. The first-order chi connectivity index (χ1) is 11.6. The molecule has 5 nitrogen and oxygen atoms in total. The summed E-state index contributed by atoms with van der Waals surface area (Å²) in [6, 6.07) is 14.4. The Morgan fingerprint density at radius 3 is 2.42 bits per heavy atom. The van der Waals surface area contributed by atoms with E-state index in [1.54, 1.807) is 18.2 Å². The summed E-state index contributed by atoms with van der Waals surface area (Å²) in [6.07, 6.45) is 0.784. The Bertz CT molecular complexity index is 790. The average Bonchev–Trinajstić information content (AvgIpc) is 2.85. The van der Waals surface area contributed by atoms with Gasteiger partial charge in [0.05, 0.1) is 18.1 Å². The predicted molar refractivity (Wildman–Crippen MR) is 91.8 cm³/mol. The average molecular weight is 347 g/mol. The smallest absolute Gasteiger partial charge is 0.243 e. The van der Waals surface area contributed by atoms with E-state index in [-0.39, 0.29) is 4.90 Å². The molecular weight excluding hydrogens is 326 g/mol. The molecule has 1 aliphatic heterocycles. The van der Waals surface area contributed by atoms with Gasteiger partial charge in [-0.15, -0.1) is 0 Å². The molecule has 0 unspecified atom stereocenters. The van der Waals surface area contributed by atoms with Crippen molar-refractivity contribution in [3.8, 4) is 11.5 Å². The minimum atomic E-state index is -3.60. The minimum Gasteiger partial charge on any atom is -0.490 e. The second kappa shape index (κ2) is 7.23. The number of fused-ring (bicyclic) bond motifs is 1. The van der Waals surface area contributed by atoms with Crippen LogP contribution in [0.15, 0.2) is 53.4 Å². The topological polar surface area (TPSA) is 55.8 Å². The van der Waals surface area contributed by atoms with E-state index in [1.807, 2.05) is 37.3 Å². The van der Waals surface area contributed by atoms with Crippen LogP contribution in [0.2, 0.25) is 0 Å². The van der Waals surface area contributed by atoms with Gasteiger partial charge in [-0.05, 0) is 17.7 Å². The number of ether oxygens (including phenoxy) is 2. The van der Waals surface area contributed by atoms with Crippen LogP contribution >= 0.6 is 0 Å². The summed E-state index contributed by atoms with van der Waals surface area (Å²) in [7, 11) is -3.60. The first-order valence-corrected chi connectivity index (χ1v) is 9.49. The summed E-state index contributed by atoms with van der Waals surface area (Å²) in [5, 5.41) is 0. The molecule has 3 rings (SSSR count). The molecule has 0 N–H and O–H groups in total. The van der Waals surface area contributed by atoms with Crippen LogP contribution in [0.5, 0.6) is 11.5 Å². The summed E-state index contributed by atoms with van der Waals surface area (Å²) in [6.45, 7) is 3.68. The second-order valence-corrected chi connectivity index (χ2v) is 7.51. The van der Waals surface area contributed by atoms with Crippen molar-refractivity contribution >= 4 is 10.0 Å². The molecular formula is C18H21NO4S. The number of rotatable bonds is 5. The molecule has 0 bridgehead atoms. The third-order valence-corrected chi connectivity index (χ3v) is 5.83. The maximum Gasteiger partial charge on any atom is 0.243 e. The molecule has 0 saturated heterocycles. The Hall–Kier alpha value is -2.05. The standard InChI is InChI=1S/C18H21NO4S/c1-2-19(14-15-7-4-3-5-8-15)24(20,21)16-9-10-17-18(13-16)23-12-6-11-22-17/h3-5,7-10,13H,2,6,11-12,14H2,1H3. The summed E-state index contributed by atoms with van der Waals surface area (Å²) < 4.78 is 38.6. The largest absolute Gasteiger partial charge is 0.490 e. The van der Waals surface area contributed by atoms with Gasteiger partial charge in [-0.25, -0.2) is 8.42 Å². The number of hydrogen-bond acceptors (Lipinski definition) is 4. The van der Waals surface area contributed by atoms with Crippen molar-refractivity contribution in [2.24, 2.45) is 0 Å². The van der Waals surface area contributed by atoms with Gasteiger partial charge >= 0.3 is 0 Å². The van der Waals surface area contributed by atoms with E-state index in [1.165, 1.54) is 4.31 Å². The Kier molecular flexibility index (Phi) is 5.06. The van der Waals surface area contributed by atoms with Crippen molar-refractivity contribution in [3.05, 3.63) is 54.1 Å². The van der Waals surface area contributed by atoms with Gasteiger partial charge < -0.3 is 9.47 Å². The van der Waals surface area contributed by atoms with E-state index in [0.29, 0.717) is 37.8 Å². The third-order valence-electron chi connectivity index (χ3n) is 3.91. The molecule has 2 aromatic carbocycles. The molecule has 0 saturated carbocycles. The number of sulfonamides is 1. The summed E-state index contributed by atoms with van der Waals surface area (Å²) in [4.78, 5) is 0.226. The Balaban J connectivity index is 1.89. The highest BCUT2D eigenvalue weighted by Crippen LogP contribution is 2.33. The van der Waals surface area contributed by atoms with Crippen molar-refractivity contribution in [1.82, 2.24) is 4.31 Å². The molecule has 2 aromatic rings. The Labute approximate surface area is 142 Å². The number of nitrogens with zero attached hydrogens (tertiary/aromatic N) is 1. The fraction of sp³-hybridized carbons (Fsp3) is 0.333. The molecule has 128 valence electrons. The molecule has 24 heavy (non-hydrogen) atoms. The van der Waals surface area contributed by atoms with Gasteiger partial charge in [-0.3, -0.25) is 0 Å². The lowest BCUT2D eigenvalue weighted by Gasteiger charge is -2.21. The highest BCUT2D eigenvalue weighted by atomic mass is 32.2. The quantitative estimate of drug-likeness (QED) is 0.834. The zero-order chi connectivity index (χ0) is 17.0. The molecule has 0 amide bonds. The van der Waals surface area contributed by atoms with Gasteiger partial charge in [0, 0.05) is 25.6 Å². The van der Waals surface area contributed by atoms with E-state index in [2.05, 4.69) is 0 Å². The predicted octanol–water partition coefficient (Wildman–Crippen LogP) is 3.06. The van der Waals surface area contributed by atoms with Crippen molar-refractivity contribution in [3.63, 3.8) is 0 Å². The van der Waals surface area contributed by atoms with Crippen molar-refractivity contribution in [2.75, 3.05) is 19.8 Å². The van der Waals surface area contributed by atoms with Crippen molar-refractivity contribution in [2.45, 2.75) is 24.8 Å². The molecule has 6 heteroatoms. The molecule has 0 aromatic heterocycles. The van der Waals surface area contributed by atoms with Crippen LogP contribution in [0.3, 0.4) is 0 Å². The van der Waals surface area contributed by atoms with Crippen LogP contribution in [-0.2, 0) is 16.6 Å². The molecule has 1 heterocycles.